The number of rotatable bonds is 8. The molecule has 4 aromatic carbocycles. The molecule has 0 spiro atoms. The Balaban J connectivity index is 1.78. The van der Waals surface area contributed by atoms with Gasteiger partial charge in [0.05, 0.1) is 4.92 Å². The lowest BCUT2D eigenvalue weighted by molar-refractivity contribution is -0.384. The summed E-state index contributed by atoms with van der Waals surface area (Å²) in [5.74, 6) is 0.117. The molecule has 0 radical (unpaired) electrons. The van der Waals surface area contributed by atoms with E-state index in [-0.39, 0.29) is 11.6 Å². The third-order valence-electron chi connectivity index (χ3n) is 6.10. The highest BCUT2D eigenvalue weighted by molar-refractivity contribution is 6.30. The minimum Gasteiger partial charge on any atom is -0.379 e. The molecule has 7 heteroatoms. The first-order valence-corrected chi connectivity index (χ1v) is 11.9. The first-order valence-electron chi connectivity index (χ1n) is 11.1. The maximum atomic E-state index is 12.1. The average molecular weight is 507 g/mol. The second kappa shape index (κ2) is 10.5. The lowest BCUT2D eigenvalue weighted by Crippen LogP contribution is -2.29. The Morgan fingerprint density at radius 1 is 0.857 bits per heavy atom. The van der Waals surface area contributed by atoms with Gasteiger partial charge in [0, 0.05) is 22.7 Å². The SMILES string of the molecule is C[C@H](CNc1cc(C(O)(c2ccc(Cl)cc2)c2ccc(Cl)cc2)ccc1[N+](=O)[O-])c1ccccc1. The van der Waals surface area contributed by atoms with Crippen molar-refractivity contribution in [2.75, 3.05) is 11.9 Å². The smallest absolute Gasteiger partial charge is 0.292 e. The monoisotopic (exact) mass is 506 g/mol. The standard InChI is InChI=1S/C28H24Cl2N2O3/c1-19(20-5-3-2-4-6-20)18-31-26-17-23(11-16-27(26)32(34)35)28(33,21-7-12-24(29)13-8-21)22-9-14-25(30)15-10-22/h2-17,19,31,33H,18H2,1H3/t19-/m1/s1. The summed E-state index contributed by atoms with van der Waals surface area (Å²) in [6.45, 7) is 2.53. The van der Waals surface area contributed by atoms with Crippen LogP contribution in [-0.2, 0) is 5.60 Å². The normalized spacial score (nSPS) is 12.2. The maximum absolute atomic E-state index is 12.1. The molecule has 1 atom stereocenters. The van der Waals surface area contributed by atoms with E-state index in [0.717, 1.165) is 5.56 Å². The van der Waals surface area contributed by atoms with E-state index < -0.39 is 10.5 Å². The van der Waals surface area contributed by atoms with Crippen molar-refractivity contribution in [3.63, 3.8) is 0 Å². The van der Waals surface area contributed by atoms with Crippen LogP contribution in [0.1, 0.15) is 35.1 Å². The van der Waals surface area contributed by atoms with Crippen LogP contribution >= 0.6 is 23.2 Å². The molecule has 4 aromatic rings. The van der Waals surface area contributed by atoms with Crippen LogP contribution in [0.5, 0.6) is 0 Å². The molecule has 5 nitrogen and oxygen atoms in total. The van der Waals surface area contributed by atoms with Gasteiger partial charge in [-0.05, 0) is 64.6 Å². The molecule has 35 heavy (non-hydrogen) atoms. The molecular formula is C28H24Cl2N2O3. The van der Waals surface area contributed by atoms with Gasteiger partial charge >= 0.3 is 0 Å². The van der Waals surface area contributed by atoms with Gasteiger partial charge in [-0.15, -0.1) is 0 Å². The number of nitrogens with zero attached hydrogens (tertiary/aromatic N) is 1. The molecule has 0 aliphatic heterocycles. The molecule has 0 aliphatic rings. The molecule has 4 rings (SSSR count). The molecule has 0 amide bonds. The van der Waals surface area contributed by atoms with E-state index in [0.29, 0.717) is 39.0 Å². The third kappa shape index (κ3) is 5.33. The fourth-order valence-electron chi connectivity index (χ4n) is 4.11. The van der Waals surface area contributed by atoms with Crippen molar-refractivity contribution in [3.05, 3.63) is 139 Å². The van der Waals surface area contributed by atoms with Crippen LogP contribution in [-0.4, -0.2) is 16.6 Å². The highest BCUT2D eigenvalue weighted by Gasteiger charge is 2.35. The molecule has 0 aromatic heterocycles. The molecule has 0 saturated heterocycles. The molecule has 178 valence electrons. The zero-order chi connectivity index (χ0) is 25.0. The Hall–Kier alpha value is -3.38. The van der Waals surface area contributed by atoms with Crippen molar-refractivity contribution in [3.8, 4) is 0 Å². The Kier molecular flexibility index (Phi) is 7.41. The van der Waals surface area contributed by atoms with Crippen molar-refractivity contribution < 1.29 is 10.0 Å². The molecule has 0 heterocycles. The van der Waals surface area contributed by atoms with Crippen molar-refractivity contribution >= 4 is 34.6 Å². The van der Waals surface area contributed by atoms with Crippen LogP contribution in [0.2, 0.25) is 10.0 Å². The Bertz CT molecular complexity index is 1270. The summed E-state index contributed by atoms with van der Waals surface area (Å²) >= 11 is 12.2. The third-order valence-corrected chi connectivity index (χ3v) is 6.61. The quantitative estimate of drug-likeness (QED) is 0.148. The number of nitro groups is 1. The summed E-state index contributed by atoms with van der Waals surface area (Å²) in [7, 11) is 0. The van der Waals surface area contributed by atoms with E-state index in [4.69, 9.17) is 23.2 Å². The molecule has 0 bridgehead atoms. The summed E-state index contributed by atoms with van der Waals surface area (Å²) in [6, 6.07) is 28.3. The van der Waals surface area contributed by atoms with Gasteiger partial charge in [-0.3, -0.25) is 10.1 Å². The second-order valence-electron chi connectivity index (χ2n) is 8.41. The Morgan fingerprint density at radius 2 is 1.37 bits per heavy atom. The van der Waals surface area contributed by atoms with Gasteiger partial charge in [0.1, 0.15) is 11.3 Å². The van der Waals surface area contributed by atoms with Crippen LogP contribution < -0.4 is 5.32 Å². The van der Waals surface area contributed by atoms with E-state index in [1.165, 1.54) is 6.07 Å². The maximum Gasteiger partial charge on any atom is 0.292 e. The van der Waals surface area contributed by atoms with E-state index in [2.05, 4.69) is 12.2 Å². The Morgan fingerprint density at radius 3 is 1.89 bits per heavy atom. The topological polar surface area (TPSA) is 75.4 Å². The number of anilines is 1. The van der Waals surface area contributed by atoms with Crippen molar-refractivity contribution in [2.24, 2.45) is 0 Å². The van der Waals surface area contributed by atoms with Crippen LogP contribution in [0.25, 0.3) is 0 Å². The summed E-state index contributed by atoms with van der Waals surface area (Å²) in [5.41, 5.74) is 1.41. The van der Waals surface area contributed by atoms with E-state index in [9.17, 15) is 15.2 Å². The molecule has 0 aliphatic carbocycles. The van der Waals surface area contributed by atoms with Crippen molar-refractivity contribution in [1.29, 1.82) is 0 Å². The van der Waals surface area contributed by atoms with Crippen molar-refractivity contribution in [2.45, 2.75) is 18.4 Å². The van der Waals surface area contributed by atoms with Crippen LogP contribution in [0.4, 0.5) is 11.4 Å². The first-order chi connectivity index (χ1) is 16.8. The number of nitrogens with one attached hydrogen (secondary N) is 1. The number of hydrogen-bond acceptors (Lipinski definition) is 4. The summed E-state index contributed by atoms with van der Waals surface area (Å²) in [6.07, 6.45) is 0. The van der Waals surface area contributed by atoms with E-state index >= 15 is 0 Å². The number of hydrogen-bond donors (Lipinski definition) is 2. The number of aliphatic hydroxyl groups is 1. The van der Waals surface area contributed by atoms with Gasteiger partial charge in [0.2, 0.25) is 0 Å². The lowest BCUT2D eigenvalue weighted by Gasteiger charge is -2.30. The molecule has 2 N–H and O–H groups in total. The number of benzene rings is 4. The van der Waals surface area contributed by atoms with Gasteiger partial charge in [-0.2, -0.15) is 0 Å². The highest BCUT2D eigenvalue weighted by Crippen LogP contribution is 2.40. The van der Waals surface area contributed by atoms with E-state index in [1.807, 2.05) is 30.3 Å². The van der Waals surface area contributed by atoms with Gasteiger partial charge in [0.15, 0.2) is 0 Å². The summed E-state index contributed by atoms with van der Waals surface area (Å²) < 4.78 is 0. The number of halogens is 2. The zero-order valence-electron chi connectivity index (χ0n) is 19.0. The molecule has 0 unspecified atom stereocenters. The second-order valence-corrected chi connectivity index (χ2v) is 9.28. The zero-order valence-corrected chi connectivity index (χ0v) is 20.5. The average Bonchev–Trinajstić information content (AvgIpc) is 2.88. The summed E-state index contributed by atoms with van der Waals surface area (Å²) in [5, 5.41) is 28.2. The fourth-order valence-corrected chi connectivity index (χ4v) is 4.36. The molecular weight excluding hydrogens is 483 g/mol. The lowest BCUT2D eigenvalue weighted by atomic mass is 9.80. The van der Waals surface area contributed by atoms with Crippen LogP contribution in [0.15, 0.2) is 97.1 Å². The van der Waals surface area contributed by atoms with Crippen LogP contribution in [0, 0.1) is 10.1 Å². The van der Waals surface area contributed by atoms with Crippen molar-refractivity contribution in [1.82, 2.24) is 0 Å². The minimum atomic E-state index is -1.59. The van der Waals surface area contributed by atoms with Crippen LogP contribution in [0.3, 0.4) is 0 Å². The van der Waals surface area contributed by atoms with E-state index in [1.54, 1.807) is 60.7 Å². The molecule has 0 saturated carbocycles. The molecule has 0 fully saturated rings. The van der Waals surface area contributed by atoms with Gasteiger partial charge in [-0.25, -0.2) is 0 Å². The van der Waals surface area contributed by atoms with Gasteiger partial charge < -0.3 is 10.4 Å². The first kappa shape index (κ1) is 24.7. The predicted octanol–water partition coefficient (Wildman–Crippen LogP) is 7.40. The summed E-state index contributed by atoms with van der Waals surface area (Å²) in [4.78, 5) is 11.4. The number of nitro benzene ring substituents is 1. The highest BCUT2D eigenvalue weighted by atomic mass is 35.5. The minimum absolute atomic E-state index is 0.0661. The van der Waals surface area contributed by atoms with Gasteiger partial charge in [-0.1, -0.05) is 84.7 Å². The predicted molar refractivity (Wildman–Crippen MR) is 141 cm³/mol. The fraction of sp³-hybridized carbons (Fsp3) is 0.143. The largest absolute Gasteiger partial charge is 0.379 e. The Labute approximate surface area is 214 Å². The van der Waals surface area contributed by atoms with Gasteiger partial charge in [0.25, 0.3) is 5.69 Å².